The van der Waals surface area contributed by atoms with Crippen molar-refractivity contribution in [1.82, 2.24) is 4.90 Å². The van der Waals surface area contributed by atoms with E-state index in [0.717, 1.165) is 0 Å². The molecule has 3 aliphatic rings. The van der Waals surface area contributed by atoms with Gasteiger partial charge in [0.2, 0.25) is 0 Å². The number of nitrogens with zero attached hydrogens (tertiary/aromatic N) is 1. The molecule has 3 saturated heterocycles. The number of aliphatic hydroxyl groups is 5. The summed E-state index contributed by atoms with van der Waals surface area (Å²) < 4.78 is 36.8. The number of carbonyl (C=O) groups excluding carboxylic acids is 2. The van der Waals surface area contributed by atoms with Gasteiger partial charge >= 0.3 is 5.97 Å². The number of likely N-dealkylation sites (N-methyl/N-ethyl adjacent to an activating group) is 1. The summed E-state index contributed by atoms with van der Waals surface area (Å²) in [6.07, 6.45) is -9.40. The van der Waals surface area contributed by atoms with Gasteiger partial charge in [-0.1, -0.05) is 27.7 Å². The summed E-state index contributed by atoms with van der Waals surface area (Å²) in [5.74, 6) is -5.12. The van der Waals surface area contributed by atoms with Crippen LogP contribution >= 0.6 is 0 Å². The first kappa shape index (κ1) is 43.1. The van der Waals surface area contributed by atoms with Crippen LogP contribution in [0.15, 0.2) is 0 Å². The maximum absolute atomic E-state index is 14.0. The van der Waals surface area contributed by atoms with E-state index in [1.165, 1.54) is 7.11 Å². The van der Waals surface area contributed by atoms with E-state index < -0.39 is 103 Å². The Morgan fingerprint density at radius 2 is 1.52 bits per heavy atom. The van der Waals surface area contributed by atoms with E-state index in [9.17, 15) is 35.1 Å². The largest absolute Gasteiger partial charge is 0.462 e. The Balaban J connectivity index is 2.15. The van der Waals surface area contributed by atoms with Gasteiger partial charge in [-0.3, -0.25) is 9.59 Å². The minimum atomic E-state index is -1.75. The van der Waals surface area contributed by atoms with Gasteiger partial charge < -0.3 is 58.9 Å². The molecule has 0 radical (unpaired) electrons. The SMILES string of the molecule is COC1CC(OC2C(C)C(=O)OC(CCO)C(C)C(O)C(C)C(=O)C(C)CC(C)(O)C(OC3OC(C)CC(N(C)C)C3O)C2C)OC(C)C1O. The van der Waals surface area contributed by atoms with Gasteiger partial charge in [0.25, 0.3) is 0 Å². The number of esters is 1. The highest BCUT2D eigenvalue weighted by Gasteiger charge is 2.51. The third-order valence-electron chi connectivity index (χ3n) is 11.3. The molecule has 0 amide bonds. The highest BCUT2D eigenvalue weighted by Crippen LogP contribution is 2.39. The van der Waals surface area contributed by atoms with E-state index in [0.29, 0.717) is 6.42 Å². The molecule has 0 aromatic carbocycles. The van der Waals surface area contributed by atoms with Crippen molar-refractivity contribution < 1.29 is 63.5 Å². The van der Waals surface area contributed by atoms with Crippen LogP contribution in [0.4, 0.5) is 0 Å². The molecule has 0 aliphatic carbocycles. The van der Waals surface area contributed by atoms with Crippen LogP contribution in [0.3, 0.4) is 0 Å². The highest BCUT2D eigenvalue weighted by molar-refractivity contribution is 5.83. The van der Waals surface area contributed by atoms with E-state index >= 15 is 0 Å². The first-order valence-corrected chi connectivity index (χ1v) is 18.2. The van der Waals surface area contributed by atoms with Crippen LogP contribution < -0.4 is 0 Å². The zero-order chi connectivity index (χ0) is 37.8. The molecule has 14 heteroatoms. The zero-order valence-corrected chi connectivity index (χ0v) is 31.8. The Morgan fingerprint density at radius 3 is 2.10 bits per heavy atom. The standard InChI is InChI=1S/C36H65NO13/c1-17-16-36(8,44)33(50-35-31(42)24(37(9)10)14-18(2)46-35)21(5)32(49-27-15-26(45-11)30(41)23(7)47-27)22(6)34(43)48-25(12-13-38)19(3)29(40)20(4)28(17)39/h17-27,29-33,35,38,40-42,44H,12-16H2,1-11H3. The fraction of sp³-hybridized carbons (Fsp3) is 0.944. The third kappa shape index (κ3) is 10.0. The van der Waals surface area contributed by atoms with Crippen LogP contribution in [0.5, 0.6) is 0 Å². The fourth-order valence-electron chi connectivity index (χ4n) is 8.09. The van der Waals surface area contributed by atoms with Gasteiger partial charge in [-0.2, -0.15) is 0 Å². The Morgan fingerprint density at radius 1 is 0.880 bits per heavy atom. The summed E-state index contributed by atoms with van der Waals surface area (Å²) in [7, 11) is 5.18. The molecule has 0 bridgehead atoms. The number of rotatable bonds is 8. The van der Waals surface area contributed by atoms with Crippen molar-refractivity contribution in [3.8, 4) is 0 Å². The molecule has 18 atom stereocenters. The first-order valence-electron chi connectivity index (χ1n) is 18.2. The van der Waals surface area contributed by atoms with Gasteiger partial charge in [-0.15, -0.1) is 0 Å². The summed E-state index contributed by atoms with van der Waals surface area (Å²) in [6.45, 7) is 13.1. The quantitative estimate of drug-likeness (QED) is 0.225. The monoisotopic (exact) mass is 719 g/mol. The lowest BCUT2D eigenvalue weighted by Crippen LogP contribution is -2.60. The summed E-state index contributed by atoms with van der Waals surface area (Å²) >= 11 is 0. The normalized spacial score (nSPS) is 47.5. The molecule has 3 rings (SSSR count). The average molecular weight is 720 g/mol. The molecule has 14 nitrogen and oxygen atoms in total. The van der Waals surface area contributed by atoms with Gasteiger partial charge in [0.1, 0.15) is 24.1 Å². The van der Waals surface area contributed by atoms with Crippen molar-refractivity contribution in [3.63, 3.8) is 0 Å². The molecule has 3 aliphatic heterocycles. The summed E-state index contributed by atoms with van der Waals surface area (Å²) in [5, 5.41) is 55.6. The van der Waals surface area contributed by atoms with E-state index in [2.05, 4.69) is 0 Å². The molecule has 0 spiro atoms. The Hall–Kier alpha value is -1.30. The Labute approximate surface area is 297 Å². The predicted octanol–water partition coefficient (Wildman–Crippen LogP) is 1.25. The molecule has 3 fully saturated rings. The van der Waals surface area contributed by atoms with Crippen molar-refractivity contribution in [2.24, 2.45) is 29.6 Å². The van der Waals surface area contributed by atoms with Crippen molar-refractivity contribution in [2.75, 3.05) is 27.8 Å². The van der Waals surface area contributed by atoms with E-state index in [1.807, 2.05) is 25.9 Å². The summed E-state index contributed by atoms with van der Waals surface area (Å²) in [6, 6.07) is -0.314. The maximum Gasteiger partial charge on any atom is 0.311 e. The number of ether oxygens (including phenoxy) is 6. The molecule has 50 heavy (non-hydrogen) atoms. The lowest BCUT2D eigenvalue weighted by Gasteiger charge is -2.48. The maximum atomic E-state index is 14.0. The van der Waals surface area contributed by atoms with Crippen molar-refractivity contribution in [3.05, 3.63) is 0 Å². The van der Waals surface area contributed by atoms with Crippen molar-refractivity contribution >= 4 is 11.8 Å². The van der Waals surface area contributed by atoms with Gasteiger partial charge in [-0.05, 0) is 54.6 Å². The molecule has 0 aromatic rings. The highest BCUT2D eigenvalue weighted by atomic mass is 16.7. The van der Waals surface area contributed by atoms with Crippen LogP contribution in [0, 0.1) is 29.6 Å². The zero-order valence-electron chi connectivity index (χ0n) is 31.8. The van der Waals surface area contributed by atoms with E-state index in [1.54, 1.807) is 48.5 Å². The molecule has 5 N–H and O–H groups in total. The smallest absolute Gasteiger partial charge is 0.311 e. The predicted molar refractivity (Wildman–Crippen MR) is 182 cm³/mol. The van der Waals surface area contributed by atoms with E-state index in [4.69, 9.17) is 28.4 Å². The van der Waals surface area contributed by atoms with Gasteiger partial charge in [0, 0.05) is 56.3 Å². The second-order valence-corrected chi connectivity index (χ2v) is 15.6. The fourth-order valence-corrected chi connectivity index (χ4v) is 8.09. The van der Waals surface area contributed by atoms with Crippen LogP contribution in [-0.2, 0) is 38.0 Å². The Bertz CT molecular complexity index is 1090. The number of hydrogen-bond acceptors (Lipinski definition) is 14. The summed E-state index contributed by atoms with van der Waals surface area (Å²) in [5.41, 5.74) is -1.75. The second-order valence-electron chi connectivity index (χ2n) is 15.6. The van der Waals surface area contributed by atoms with Crippen molar-refractivity contribution in [2.45, 2.75) is 160 Å². The van der Waals surface area contributed by atoms with Gasteiger partial charge in [0.05, 0.1) is 48.1 Å². The lowest BCUT2D eigenvalue weighted by atomic mass is 9.74. The summed E-state index contributed by atoms with van der Waals surface area (Å²) in [4.78, 5) is 29.7. The number of aliphatic hydroxyl groups excluding tert-OH is 4. The van der Waals surface area contributed by atoms with Crippen molar-refractivity contribution in [1.29, 1.82) is 0 Å². The third-order valence-corrected chi connectivity index (χ3v) is 11.3. The second kappa shape index (κ2) is 18.2. The molecule has 18 unspecified atom stereocenters. The molecule has 3 heterocycles. The minimum absolute atomic E-state index is 0.0352. The average Bonchev–Trinajstić information content (AvgIpc) is 3.05. The lowest BCUT2D eigenvalue weighted by molar-refractivity contribution is -0.311. The topological polar surface area (TPSA) is 194 Å². The van der Waals surface area contributed by atoms with Crippen LogP contribution in [-0.4, -0.2) is 149 Å². The molecular weight excluding hydrogens is 654 g/mol. The van der Waals surface area contributed by atoms with Crippen LogP contribution in [0.2, 0.25) is 0 Å². The number of ketones is 1. The van der Waals surface area contributed by atoms with Gasteiger partial charge in [0.15, 0.2) is 12.6 Å². The van der Waals surface area contributed by atoms with Crippen LogP contribution in [0.1, 0.15) is 81.1 Å². The first-order chi connectivity index (χ1) is 23.2. The molecule has 292 valence electrons. The number of Topliss-reactive ketones (excluding diaryl/α,β-unsaturated/α-hetero) is 1. The Kier molecular flexibility index (Phi) is 15.7. The van der Waals surface area contributed by atoms with E-state index in [-0.39, 0.29) is 43.8 Å². The number of cyclic esters (lactones) is 1. The number of hydrogen-bond donors (Lipinski definition) is 5. The molecule has 0 saturated carbocycles. The molecule has 0 aromatic heterocycles. The van der Waals surface area contributed by atoms with Crippen LogP contribution in [0.25, 0.3) is 0 Å². The number of methoxy groups -OCH3 is 1. The number of carbonyl (C=O) groups is 2. The minimum Gasteiger partial charge on any atom is -0.462 e. The molecular formula is C36H65NO13. The van der Waals surface area contributed by atoms with Gasteiger partial charge in [-0.25, -0.2) is 0 Å².